The first-order valence-electron chi connectivity index (χ1n) is 8.08. The number of hydrogen-bond donors (Lipinski definition) is 0. The fraction of sp³-hybridized carbons (Fsp3) is 0.263. The quantitative estimate of drug-likeness (QED) is 0.641. The van der Waals surface area contributed by atoms with E-state index >= 15 is 0 Å². The van der Waals surface area contributed by atoms with E-state index in [0.29, 0.717) is 6.54 Å². The fourth-order valence-corrected chi connectivity index (χ4v) is 3.62. The average molecular weight is 378 g/mol. The molecule has 136 valence electrons. The van der Waals surface area contributed by atoms with Gasteiger partial charge in [0.2, 0.25) is 0 Å². The van der Waals surface area contributed by atoms with Gasteiger partial charge in [-0.15, -0.1) is 11.3 Å². The Morgan fingerprint density at radius 3 is 2.54 bits per heavy atom. The van der Waals surface area contributed by atoms with Crippen LogP contribution in [0.3, 0.4) is 0 Å². The van der Waals surface area contributed by atoms with Crippen LogP contribution in [0.15, 0.2) is 53.7 Å². The number of aromatic nitrogens is 1. The van der Waals surface area contributed by atoms with E-state index in [-0.39, 0.29) is 10.7 Å². The first-order chi connectivity index (χ1) is 12.3. The zero-order valence-electron chi connectivity index (χ0n) is 14.2. The maximum absolute atomic E-state index is 12.6. The fourth-order valence-electron chi connectivity index (χ4n) is 2.63. The zero-order valence-corrected chi connectivity index (χ0v) is 15.1. The number of rotatable bonds is 3. The highest BCUT2D eigenvalue weighted by Gasteiger charge is 2.38. The summed E-state index contributed by atoms with van der Waals surface area (Å²) in [5, 5.41) is 2.07. The summed E-state index contributed by atoms with van der Waals surface area (Å²) < 4.78 is 39.5. The van der Waals surface area contributed by atoms with E-state index in [1.165, 1.54) is 0 Å². The smallest absolute Gasteiger partial charge is 0.319 e. The molecule has 0 fully saturated rings. The second-order valence-corrected chi connectivity index (χ2v) is 7.29. The van der Waals surface area contributed by atoms with Gasteiger partial charge in [0.15, 0.2) is 4.80 Å². The number of alkyl halides is 3. The number of hydrogen-bond acceptors (Lipinski definition) is 2. The number of amides is 1. The first-order valence-corrected chi connectivity index (χ1v) is 8.90. The van der Waals surface area contributed by atoms with Gasteiger partial charge in [-0.3, -0.25) is 4.79 Å². The van der Waals surface area contributed by atoms with Crippen LogP contribution in [0.1, 0.15) is 30.2 Å². The molecule has 0 N–H and O–H groups in total. The second kappa shape index (κ2) is 7.07. The van der Waals surface area contributed by atoms with Crippen molar-refractivity contribution in [3.63, 3.8) is 0 Å². The third-order valence-corrected chi connectivity index (χ3v) is 5.29. The first kappa shape index (κ1) is 18.4. The molecule has 3 nitrogen and oxygen atoms in total. The Morgan fingerprint density at radius 1 is 1.15 bits per heavy atom. The van der Waals surface area contributed by atoms with Crippen LogP contribution in [-0.4, -0.2) is 16.7 Å². The van der Waals surface area contributed by atoms with Crippen molar-refractivity contribution in [2.45, 2.75) is 32.5 Å². The van der Waals surface area contributed by atoms with Gasteiger partial charge in [-0.25, -0.2) is 0 Å². The van der Waals surface area contributed by atoms with Crippen LogP contribution in [0, 0.1) is 0 Å². The highest BCUT2D eigenvalue weighted by atomic mass is 32.1. The van der Waals surface area contributed by atoms with Crippen LogP contribution < -0.4 is 4.80 Å². The summed E-state index contributed by atoms with van der Waals surface area (Å²) >= 11 is 1.11. The molecule has 1 aromatic heterocycles. The van der Waals surface area contributed by atoms with E-state index in [0.717, 1.165) is 32.5 Å². The van der Waals surface area contributed by atoms with E-state index in [9.17, 15) is 18.0 Å². The van der Waals surface area contributed by atoms with Crippen molar-refractivity contribution in [3.05, 3.63) is 63.9 Å². The summed E-state index contributed by atoms with van der Waals surface area (Å²) in [7, 11) is 0. The van der Waals surface area contributed by atoms with Gasteiger partial charge in [0.05, 0.1) is 6.54 Å². The topological polar surface area (TPSA) is 34.4 Å². The number of benzene rings is 2. The Hall–Kier alpha value is -2.41. The summed E-state index contributed by atoms with van der Waals surface area (Å²) in [6, 6.07) is 13.6. The van der Waals surface area contributed by atoms with Crippen LogP contribution in [0.5, 0.6) is 0 Å². The Balaban J connectivity index is 2.09. The van der Waals surface area contributed by atoms with Gasteiger partial charge < -0.3 is 4.57 Å². The number of thiazole rings is 1. The monoisotopic (exact) mass is 378 g/mol. The molecule has 0 aliphatic carbocycles. The minimum atomic E-state index is -4.97. The normalized spacial score (nSPS) is 12.9. The van der Waals surface area contributed by atoms with Crippen LogP contribution in [0.2, 0.25) is 0 Å². The standard InChI is InChI=1S/C19H17F3N2OS/c1-12(2)16-11-24(18(26-16)23-17(25)19(20,21)22)10-14-8-5-7-13-6-3-4-9-15(13)14/h3-9,11-12H,10H2,1-2H3/b23-18-. The molecule has 0 spiro atoms. The van der Waals surface area contributed by atoms with Gasteiger partial charge >= 0.3 is 12.1 Å². The molecule has 0 saturated carbocycles. The van der Waals surface area contributed by atoms with E-state index in [1.807, 2.05) is 56.3 Å². The van der Waals surface area contributed by atoms with Crippen LogP contribution in [0.4, 0.5) is 13.2 Å². The Kier molecular flexibility index (Phi) is 5.00. The lowest BCUT2D eigenvalue weighted by atomic mass is 10.0. The minimum Gasteiger partial charge on any atom is -0.319 e. The molecule has 0 saturated heterocycles. The van der Waals surface area contributed by atoms with Gasteiger partial charge in [-0.05, 0) is 22.3 Å². The molecule has 26 heavy (non-hydrogen) atoms. The van der Waals surface area contributed by atoms with Gasteiger partial charge in [-0.1, -0.05) is 56.3 Å². The SMILES string of the molecule is CC(C)c1cn(Cc2cccc3ccccc23)/c(=N/C(=O)C(F)(F)F)s1. The maximum atomic E-state index is 12.6. The molecule has 0 atom stereocenters. The Morgan fingerprint density at radius 2 is 1.85 bits per heavy atom. The molecule has 0 aliphatic heterocycles. The van der Waals surface area contributed by atoms with Gasteiger partial charge in [0.1, 0.15) is 0 Å². The highest BCUT2D eigenvalue weighted by molar-refractivity contribution is 7.09. The predicted molar refractivity (Wildman–Crippen MR) is 96.1 cm³/mol. The van der Waals surface area contributed by atoms with Crippen LogP contribution in [-0.2, 0) is 11.3 Å². The maximum Gasteiger partial charge on any atom is 0.473 e. The minimum absolute atomic E-state index is 0.0592. The Labute approximate surface area is 152 Å². The average Bonchev–Trinajstić information content (AvgIpc) is 2.97. The summed E-state index contributed by atoms with van der Waals surface area (Å²) in [5.74, 6) is -1.95. The molecule has 0 radical (unpaired) electrons. The molecule has 1 amide bonds. The summed E-state index contributed by atoms with van der Waals surface area (Å²) in [4.78, 5) is 15.6. The van der Waals surface area contributed by atoms with E-state index in [4.69, 9.17) is 0 Å². The van der Waals surface area contributed by atoms with Crippen molar-refractivity contribution in [2.75, 3.05) is 0 Å². The van der Waals surface area contributed by atoms with E-state index < -0.39 is 12.1 Å². The predicted octanol–water partition coefficient (Wildman–Crippen LogP) is 4.86. The molecule has 3 aromatic rings. The number of halogens is 3. The second-order valence-electron chi connectivity index (χ2n) is 6.25. The number of carbonyl (C=O) groups is 1. The third kappa shape index (κ3) is 3.88. The Bertz CT molecular complexity index is 1010. The van der Waals surface area contributed by atoms with Crippen molar-refractivity contribution in [2.24, 2.45) is 4.99 Å². The lowest BCUT2D eigenvalue weighted by molar-refractivity contribution is -0.169. The van der Waals surface area contributed by atoms with Crippen molar-refractivity contribution in [1.82, 2.24) is 4.57 Å². The molecular weight excluding hydrogens is 361 g/mol. The lowest BCUT2D eigenvalue weighted by Crippen LogP contribution is -2.25. The molecule has 3 rings (SSSR count). The highest BCUT2D eigenvalue weighted by Crippen LogP contribution is 2.22. The summed E-state index contributed by atoms with van der Waals surface area (Å²) in [6.07, 6.45) is -3.20. The zero-order chi connectivity index (χ0) is 18.9. The van der Waals surface area contributed by atoms with Crippen molar-refractivity contribution >= 4 is 28.0 Å². The third-order valence-electron chi connectivity index (χ3n) is 3.97. The van der Waals surface area contributed by atoms with Crippen LogP contribution in [0.25, 0.3) is 10.8 Å². The van der Waals surface area contributed by atoms with Gasteiger partial charge in [0, 0.05) is 11.1 Å². The number of carbonyl (C=O) groups excluding carboxylic acids is 1. The lowest BCUT2D eigenvalue weighted by Gasteiger charge is -2.08. The van der Waals surface area contributed by atoms with E-state index in [2.05, 4.69) is 4.99 Å². The largest absolute Gasteiger partial charge is 0.473 e. The van der Waals surface area contributed by atoms with Gasteiger partial charge in [0.25, 0.3) is 0 Å². The molecule has 0 aliphatic rings. The number of nitrogens with zero attached hydrogens (tertiary/aromatic N) is 2. The molecule has 0 unspecified atom stereocenters. The summed E-state index contributed by atoms with van der Waals surface area (Å²) in [6.45, 7) is 4.24. The summed E-state index contributed by atoms with van der Waals surface area (Å²) in [5.41, 5.74) is 0.956. The number of fused-ring (bicyclic) bond motifs is 1. The van der Waals surface area contributed by atoms with Crippen molar-refractivity contribution in [1.29, 1.82) is 0 Å². The molecule has 7 heteroatoms. The van der Waals surface area contributed by atoms with Crippen LogP contribution >= 0.6 is 11.3 Å². The van der Waals surface area contributed by atoms with Crippen molar-refractivity contribution < 1.29 is 18.0 Å². The molecule has 1 heterocycles. The molecular formula is C19H17F3N2OS. The van der Waals surface area contributed by atoms with E-state index in [1.54, 1.807) is 10.8 Å². The molecule has 0 bridgehead atoms. The van der Waals surface area contributed by atoms with Gasteiger partial charge in [-0.2, -0.15) is 18.2 Å². The molecule has 2 aromatic carbocycles. The van der Waals surface area contributed by atoms with Crippen molar-refractivity contribution in [3.8, 4) is 0 Å².